The lowest BCUT2D eigenvalue weighted by atomic mass is 9.98. The van der Waals surface area contributed by atoms with Gasteiger partial charge in [-0.25, -0.2) is 4.79 Å². The molecule has 0 bridgehead atoms. The molecule has 1 saturated heterocycles. The van der Waals surface area contributed by atoms with Crippen LogP contribution in [-0.2, 0) is 19.0 Å². The molecule has 0 N–H and O–H groups in total. The summed E-state index contributed by atoms with van der Waals surface area (Å²) in [5.74, 6) is -0.342. The molecule has 4 heteroatoms. The Morgan fingerprint density at radius 1 is 1.60 bits per heavy atom. The Bertz CT molecular complexity index is 241. The van der Waals surface area contributed by atoms with Crippen LogP contribution in [0.25, 0.3) is 0 Å². The van der Waals surface area contributed by atoms with Gasteiger partial charge < -0.3 is 14.2 Å². The Kier molecular flexibility index (Phi) is 4.29. The van der Waals surface area contributed by atoms with Gasteiger partial charge in [0.15, 0.2) is 0 Å². The molecular formula is C11H18O4. The summed E-state index contributed by atoms with van der Waals surface area (Å²) in [4.78, 5) is 11.1. The number of ether oxygens (including phenoxy) is 3. The highest BCUT2D eigenvalue weighted by molar-refractivity contribution is 5.86. The summed E-state index contributed by atoms with van der Waals surface area (Å²) >= 11 is 0. The molecule has 1 aliphatic rings. The average Bonchev–Trinajstić information content (AvgIpc) is 2.18. The maximum absolute atomic E-state index is 11.1. The third-order valence-electron chi connectivity index (χ3n) is 2.48. The first kappa shape index (κ1) is 12.2. The van der Waals surface area contributed by atoms with Crippen LogP contribution in [0.1, 0.15) is 26.7 Å². The van der Waals surface area contributed by atoms with Crippen molar-refractivity contribution in [2.24, 2.45) is 0 Å². The number of hydrogen-bond acceptors (Lipinski definition) is 4. The van der Waals surface area contributed by atoms with Gasteiger partial charge in [0.25, 0.3) is 0 Å². The van der Waals surface area contributed by atoms with Crippen molar-refractivity contribution < 1.29 is 19.0 Å². The molecule has 0 aromatic heterocycles. The Hall–Kier alpha value is -0.870. The highest BCUT2D eigenvalue weighted by atomic mass is 16.7. The van der Waals surface area contributed by atoms with E-state index in [1.807, 2.05) is 6.92 Å². The largest absolute Gasteiger partial charge is 0.462 e. The summed E-state index contributed by atoms with van der Waals surface area (Å²) in [6, 6.07) is 0. The van der Waals surface area contributed by atoms with Gasteiger partial charge in [-0.1, -0.05) is 6.58 Å². The van der Waals surface area contributed by atoms with Gasteiger partial charge in [0.2, 0.25) is 0 Å². The lowest BCUT2D eigenvalue weighted by molar-refractivity contribution is -0.192. The van der Waals surface area contributed by atoms with Gasteiger partial charge in [0.1, 0.15) is 6.79 Å². The van der Waals surface area contributed by atoms with E-state index in [0.717, 1.165) is 6.42 Å². The molecule has 1 fully saturated rings. The molecule has 0 radical (unpaired) electrons. The summed E-state index contributed by atoms with van der Waals surface area (Å²) in [5.41, 5.74) is 0.196. The van der Waals surface area contributed by atoms with Crippen LogP contribution in [-0.4, -0.2) is 31.6 Å². The Labute approximate surface area is 90.2 Å². The van der Waals surface area contributed by atoms with Gasteiger partial charge in [-0.3, -0.25) is 0 Å². The van der Waals surface area contributed by atoms with Crippen molar-refractivity contribution in [1.82, 2.24) is 0 Å². The number of carbonyl (C=O) groups is 1. The van der Waals surface area contributed by atoms with Crippen LogP contribution in [0.15, 0.2) is 12.2 Å². The predicted octanol–water partition coefficient (Wildman–Crippen LogP) is 1.65. The SMILES string of the molecule is C=C(C)C(=O)OCCC1(C)CCOCO1. The first-order valence-electron chi connectivity index (χ1n) is 5.08. The maximum Gasteiger partial charge on any atom is 0.333 e. The Morgan fingerprint density at radius 2 is 2.33 bits per heavy atom. The maximum atomic E-state index is 11.1. The van der Waals surface area contributed by atoms with Crippen LogP contribution in [0.3, 0.4) is 0 Å². The first-order chi connectivity index (χ1) is 7.03. The second kappa shape index (κ2) is 5.28. The molecule has 1 atom stereocenters. The smallest absolute Gasteiger partial charge is 0.333 e. The van der Waals surface area contributed by atoms with Crippen LogP contribution in [0.4, 0.5) is 0 Å². The zero-order valence-electron chi connectivity index (χ0n) is 9.38. The Balaban J connectivity index is 2.24. The molecule has 1 heterocycles. The molecule has 4 nitrogen and oxygen atoms in total. The molecule has 0 aromatic carbocycles. The predicted molar refractivity (Wildman–Crippen MR) is 55.3 cm³/mol. The fourth-order valence-corrected chi connectivity index (χ4v) is 1.28. The van der Waals surface area contributed by atoms with Gasteiger partial charge in [0, 0.05) is 12.0 Å². The zero-order chi connectivity index (χ0) is 11.3. The molecule has 0 spiro atoms. The van der Waals surface area contributed by atoms with Crippen LogP contribution in [0, 0.1) is 0 Å². The second-order valence-corrected chi connectivity index (χ2v) is 4.04. The normalized spacial score (nSPS) is 26.0. The van der Waals surface area contributed by atoms with Gasteiger partial charge >= 0.3 is 5.97 Å². The monoisotopic (exact) mass is 214 g/mol. The highest BCUT2D eigenvalue weighted by Crippen LogP contribution is 2.23. The second-order valence-electron chi connectivity index (χ2n) is 4.04. The van der Waals surface area contributed by atoms with E-state index in [1.54, 1.807) is 6.92 Å². The minimum absolute atomic E-state index is 0.229. The number of rotatable bonds is 4. The third kappa shape index (κ3) is 4.01. The van der Waals surface area contributed by atoms with E-state index < -0.39 is 0 Å². The molecule has 1 rings (SSSR count). The topological polar surface area (TPSA) is 44.8 Å². The quantitative estimate of drug-likeness (QED) is 0.527. The third-order valence-corrected chi connectivity index (χ3v) is 2.48. The van der Waals surface area contributed by atoms with E-state index in [-0.39, 0.29) is 11.6 Å². The van der Waals surface area contributed by atoms with Crippen molar-refractivity contribution in [2.75, 3.05) is 20.0 Å². The minimum Gasteiger partial charge on any atom is -0.462 e. The molecule has 0 amide bonds. The molecule has 0 aromatic rings. The van der Waals surface area contributed by atoms with E-state index >= 15 is 0 Å². The number of carbonyl (C=O) groups excluding carboxylic acids is 1. The molecule has 86 valence electrons. The highest BCUT2D eigenvalue weighted by Gasteiger charge is 2.28. The number of hydrogen-bond donors (Lipinski definition) is 0. The van der Waals surface area contributed by atoms with Gasteiger partial charge in [-0.2, -0.15) is 0 Å². The fraction of sp³-hybridized carbons (Fsp3) is 0.727. The average molecular weight is 214 g/mol. The van der Waals surface area contributed by atoms with Crippen molar-refractivity contribution >= 4 is 5.97 Å². The van der Waals surface area contributed by atoms with E-state index in [0.29, 0.717) is 32.0 Å². The van der Waals surface area contributed by atoms with Gasteiger partial charge in [0.05, 0.1) is 18.8 Å². The summed E-state index contributed by atoms with van der Waals surface area (Å²) in [6.07, 6.45) is 1.52. The Morgan fingerprint density at radius 3 is 2.87 bits per heavy atom. The van der Waals surface area contributed by atoms with Crippen molar-refractivity contribution in [3.8, 4) is 0 Å². The summed E-state index contributed by atoms with van der Waals surface area (Å²) < 4.78 is 15.6. The lowest BCUT2D eigenvalue weighted by Gasteiger charge is -2.33. The minimum atomic E-state index is -0.342. The molecule has 0 aliphatic carbocycles. The molecule has 15 heavy (non-hydrogen) atoms. The number of esters is 1. The standard InChI is InChI=1S/C11H18O4/c1-9(2)10(12)14-7-5-11(3)4-6-13-8-15-11/h1,4-8H2,2-3H3. The van der Waals surface area contributed by atoms with E-state index in [2.05, 4.69) is 6.58 Å². The van der Waals surface area contributed by atoms with E-state index in [4.69, 9.17) is 14.2 Å². The first-order valence-corrected chi connectivity index (χ1v) is 5.08. The van der Waals surface area contributed by atoms with Crippen molar-refractivity contribution in [2.45, 2.75) is 32.3 Å². The van der Waals surface area contributed by atoms with E-state index in [9.17, 15) is 4.79 Å². The zero-order valence-corrected chi connectivity index (χ0v) is 9.38. The van der Waals surface area contributed by atoms with E-state index in [1.165, 1.54) is 0 Å². The van der Waals surface area contributed by atoms with Gasteiger partial charge in [-0.05, 0) is 20.3 Å². The fourth-order valence-electron chi connectivity index (χ4n) is 1.28. The summed E-state index contributed by atoms with van der Waals surface area (Å²) in [5, 5.41) is 0. The van der Waals surface area contributed by atoms with Crippen LogP contribution in [0.2, 0.25) is 0 Å². The summed E-state index contributed by atoms with van der Waals surface area (Å²) in [7, 11) is 0. The van der Waals surface area contributed by atoms with Crippen molar-refractivity contribution in [3.05, 3.63) is 12.2 Å². The molecule has 1 aliphatic heterocycles. The van der Waals surface area contributed by atoms with Crippen LogP contribution < -0.4 is 0 Å². The van der Waals surface area contributed by atoms with Gasteiger partial charge in [-0.15, -0.1) is 0 Å². The molecule has 1 unspecified atom stereocenters. The lowest BCUT2D eigenvalue weighted by Crippen LogP contribution is -2.37. The molecule has 0 saturated carbocycles. The van der Waals surface area contributed by atoms with Crippen LogP contribution >= 0.6 is 0 Å². The van der Waals surface area contributed by atoms with Crippen LogP contribution in [0.5, 0.6) is 0 Å². The van der Waals surface area contributed by atoms with Crippen molar-refractivity contribution in [1.29, 1.82) is 0 Å². The summed E-state index contributed by atoms with van der Waals surface area (Å²) in [6.45, 7) is 8.54. The molecular weight excluding hydrogens is 196 g/mol. The van der Waals surface area contributed by atoms with Crippen molar-refractivity contribution in [3.63, 3.8) is 0 Å².